The van der Waals surface area contributed by atoms with Gasteiger partial charge in [0.05, 0.1) is 16.4 Å². The second-order valence-electron chi connectivity index (χ2n) is 5.33. The highest BCUT2D eigenvalue weighted by Gasteiger charge is 2.37. The minimum atomic E-state index is 0.764. The predicted molar refractivity (Wildman–Crippen MR) is 74.1 cm³/mol. The van der Waals surface area contributed by atoms with Crippen molar-refractivity contribution in [1.29, 1.82) is 0 Å². The van der Waals surface area contributed by atoms with Crippen LogP contribution < -0.4 is 10.6 Å². The van der Waals surface area contributed by atoms with Crippen LogP contribution in [0.25, 0.3) is 0 Å². The Morgan fingerprint density at radius 2 is 2.00 bits per heavy atom. The van der Waals surface area contributed by atoms with Crippen LogP contribution in [0.1, 0.15) is 24.8 Å². The number of anilines is 2. The van der Waals surface area contributed by atoms with Crippen LogP contribution in [0.3, 0.4) is 0 Å². The Kier molecular flexibility index (Phi) is 2.77. The van der Waals surface area contributed by atoms with Gasteiger partial charge in [0.1, 0.15) is 5.82 Å². The summed E-state index contributed by atoms with van der Waals surface area (Å²) >= 11 is 3.64. The monoisotopic (exact) mass is 295 g/mol. The number of hydrogen-bond acceptors (Lipinski definition) is 3. The van der Waals surface area contributed by atoms with Crippen molar-refractivity contribution in [3.05, 3.63) is 16.2 Å². The molecule has 3 nitrogen and oxygen atoms in total. The Bertz CT molecular complexity index is 435. The molecule has 2 unspecified atom stereocenters. The van der Waals surface area contributed by atoms with E-state index < -0.39 is 0 Å². The summed E-state index contributed by atoms with van der Waals surface area (Å²) in [4.78, 5) is 6.92. The number of aromatic nitrogens is 1. The van der Waals surface area contributed by atoms with Crippen LogP contribution in [0.2, 0.25) is 0 Å². The molecule has 1 aliphatic heterocycles. The van der Waals surface area contributed by atoms with Crippen molar-refractivity contribution >= 4 is 27.4 Å². The van der Waals surface area contributed by atoms with E-state index in [1.54, 1.807) is 6.20 Å². The van der Waals surface area contributed by atoms with Gasteiger partial charge >= 0.3 is 0 Å². The van der Waals surface area contributed by atoms with Crippen molar-refractivity contribution in [2.24, 2.45) is 11.8 Å². The SMILES string of the molecule is Cc1c(N)cnc(N2CC3CCCC3C2)c1Br. The van der Waals surface area contributed by atoms with E-state index in [9.17, 15) is 0 Å². The quantitative estimate of drug-likeness (QED) is 0.866. The van der Waals surface area contributed by atoms with E-state index in [-0.39, 0.29) is 0 Å². The molecular formula is C13H18BrN3. The molecule has 1 aromatic rings. The minimum absolute atomic E-state index is 0.764. The summed E-state index contributed by atoms with van der Waals surface area (Å²) in [6.07, 6.45) is 5.99. The van der Waals surface area contributed by atoms with Crippen molar-refractivity contribution < 1.29 is 0 Å². The van der Waals surface area contributed by atoms with Crippen LogP contribution in [0.5, 0.6) is 0 Å². The van der Waals surface area contributed by atoms with Gasteiger partial charge in [-0.25, -0.2) is 4.98 Å². The van der Waals surface area contributed by atoms with Gasteiger partial charge in [-0.1, -0.05) is 6.42 Å². The van der Waals surface area contributed by atoms with Gasteiger partial charge in [-0.2, -0.15) is 0 Å². The molecule has 3 rings (SSSR count). The number of nitrogens with two attached hydrogens (primary N) is 1. The minimum Gasteiger partial charge on any atom is -0.397 e. The number of hydrogen-bond donors (Lipinski definition) is 1. The van der Waals surface area contributed by atoms with E-state index in [1.807, 2.05) is 6.92 Å². The van der Waals surface area contributed by atoms with Gasteiger partial charge in [0.25, 0.3) is 0 Å². The standard InChI is InChI=1S/C13H18BrN3/c1-8-11(15)5-16-13(12(8)14)17-6-9-3-2-4-10(9)7-17/h5,9-10H,2-4,6-7,15H2,1H3. The number of fused-ring (bicyclic) bond motifs is 1. The van der Waals surface area contributed by atoms with Gasteiger partial charge in [-0.15, -0.1) is 0 Å². The van der Waals surface area contributed by atoms with E-state index in [0.29, 0.717) is 0 Å². The van der Waals surface area contributed by atoms with E-state index in [2.05, 4.69) is 25.8 Å². The molecule has 0 aromatic carbocycles. The van der Waals surface area contributed by atoms with E-state index in [0.717, 1.165) is 33.4 Å². The molecule has 0 amide bonds. The molecule has 1 saturated heterocycles. The molecule has 92 valence electrons. The topological polar surface area (TPSA) is 42.1 Å². The largest absolute Gasteiger partial charge is 0.397 e. The highest BCUT2D eigenvalue weighted by atomic mass is 79.9. The van der Waals surface area contributed by atoms with Crippen LogP contribution in [0, 0.1) is 18.8 Å². The third-order valence-corrected chi connectivity index (χ3v) is 5.26. The number of rotatable bonds is 1. The molecule has 17 heavy (non-hydrogen) atoms. The van der Waals surface area contributed by atoms with E-state index in [1.165, 1.54) is 32.4 Å². The molecule has 0 bridgehead atoms. The molecule has 2 atom stereocenters. The first-order valence-corrected chi connectivity index (χ1v) is 7.11. The fraction of sp³-hybridized carbons (Fsp3) is 0.615. The molecule has 1 aliphatic carbocycles. The Balaban J connectivity index is 1.88. The summed E-state index contributed by atoms with van der Waals surface area (Å²) in [6, 6.07) is 0. The highest BCUT2D eigenvalue weighted by molar-refractivity contribution is 9.10. The zero-order valence-corrected chi connectivity index (χ0v) is 11.7. The fourth-order valence-electron chi connectivity index (χ4n) is 3.21. The molecule has 2 fully saturated rings. The van der Waals surface area contributed by atoms with Crippen molar-refractivity contribution in [2.45, 2.75) is 26.2 Å². The Morgan fingerprint density at radius 3 is 2.65 bits per heavy atom. The Hall–Kier alpha value is -0.770. The van der Waals surface area contributed by atoms with Crippen LogP contribution in [-0.4, -0.2) is 18.1 Å². The summed E-state index contributed by atoms with van der Waals surface area (Å²) in [7, 11) is 0. The van der Waals surface area contributed by atoms with Gasteiger partial charge < -0.3 is 10.6 Å². The molecule has 2 aliphatic rings. The maximum atomic E-state index is 5.87. The second kappa shape index (κ2) is 4.16. The van der Waals surface area contributed by atoms with Crippen molar-refractivity contribution in [1.82, 2.24) is 4.98 Å². The van der Waals surface area contributed by atoms with Crippen molar-refractivity contribution in [3.63, 3.8) is 0 Å². The lowest BCUT2D eigenvalue weighted by molar-refractivity contribution is 0.494. The highest BCUT2D eigenvalue weighted by Crippen LogP contribution is 2.41. The first-order chi connectivity index (χ1) is 8.16. The van der Waals surface area contributed by atoms with Crippen LogP contribution in [-0.2, 0) is 0 Å². The lowest BCUT2D eigenvalue weighted by atomic mass is 10.0. The fourth-order valence-corrected chi connectivity index (χ4v) is 3.79. The molecule has 2 heterocycles. The third-order valence-electron chi connectivity index (χ3n) is 4.31. The smallest absolute Gasteiger partial charge is 0.143 e. The molecule has 1 aromatic heterocycles. The molecular weight excluding hydrogens is 278 g/mol. The molecule has 4 heteroatoms. The van der Waals surface area contributed by atoms with Crippen LogP contribution >= 0.6 is 15.9 Å². The van der Waals surface area contributed by atoms with E-state index >= 15 is 0 Å². The number of pyridine rings is 1. The molecule has 2 N–H and O–H groups in total. The zero-order chi connectivity index (χ0) is 12.0. The summed E-state index contributed by atoms with van der Waals surface area (Å²) in [5.74, 6) is 2.86. The Labute approximate surface area is 111 Å². The molecule has 0 spiro atoms. The molecule has 1 saturated carbocycles. The van der Waals surface area contributed by atoms with Crippen LogP contribution in [0.4, 0.5) is 11.5 Å². The number of nitrogen functional groups attached to an aromatic ring is 1. The first kappa shape index (κ1) is 11.3. The zero-order valence-electron chi connectivity index (χ0n) is 10.1. The summed E-state index contributed by atoms with van der Waals surface area (Å²) < 4.78 is 1.07. The summed E-state index contributed by atoms with van der Waals surface area (Å²) in [5.41, 5.74) is 7.74. The van der Waals surface area contributed by atoms with Gasteiger partial charge in [0.15, 0.2) is 0 Å². The van der Waals surface area contributed by atoms with Crippen molar-refractivity contribution in [2.75, 3.05) is 23.7 Å². The average molecular weight is 296 g/mol. The van der Waals surface area contributed by atoms with Gasteiger partial charge in [0.2, 0.25) is 0 Å². The maximum absolute atomic E-state index is 5.87. The van der Waals surface area contributed by atoms with Gasteiger partial charge in [-0.3, -0.25) is 0 Å². The van der Waals surface area contributed by atoms with Crippen LogP contribution in [0.15, 0.2) is 10.7 Å². The first-order valence-electron chi connectivity index (χ1n) is 6.32. The molecule has 0 radical (unpaired) electrons. The van der Waals surface area contributed by atoms with Gasteiger partial charge in [0, 0.05) is 13.1 Å². The van der Waals surface area contributed by atoms with Gasteiger partial charge in [-0.05, 0) is 53.1 Å². The average Bonchev–Trinajstić information content (AvgIpc) is 2.86. The number of nitrogens with zero attached hydrogens (tertiary/aromatic N) is 2. The second-order valence-corrected chi connectivity index (χ2v) is 6.13. The summed E-state index contributed by atoms with van der Waals surface area (Å²) in [5, 5.41) is 0. The lowest BCUT2D eigenvalue weighted by Crippen LogP contribution is -2.22. The lowest BCUT2D eigenvalue weighted by Gasteiger charge is -2.21. The predicted octanol–water partition coefficient (Wildman–Crippen LogP) is 2.97. The number of halogens is 1. The normalized spacial score (nSPS) is 27.5. The maximum Gasteiger partial charge on any atom is 0.143 e. The van der Waals surface area contributed by atoms with Crippen molar-refractivity contribution in [3.8, 4) is 0 Å². The third kappa shape index (κ3) is 1.82. The Morgan fingerprint density at radius 1 is 1.35 bits per heavy atom. The van der Waals surface area contributed by atoms with E-state index in [4.69, 9.17) is 5.73 Å². The summed E-state index contributed by atoms with van der Waals surface area (Å²) in [6.45, 7) is 4.38.